The Labute approximate surface area is 116 Å². The number of hydrogen-bond acceptors (Lipinski definition) is 4. The Bertz CT molecular complexity index is 390. The molecule has 5 heteroatoms. The van der Waals surface area contributed by atoms with E-state index in [2.05, 4.69) is 31.2 Å². The van der Waals surface area contributed by atoms with Crippen LogP contribution in [0.1, 0.15) is 43.3 Å². The van der Waals surface area contributed by atoms with Gasteiger partial charge in [-0.15, -0.1) is 0 Å². The molecule has 0 aliphatic heterocycles. The first-order chi connectivity index (χ1) is 9.01. The molecule has 19 heavy (non-hydrogen) atoms. The summed E-state index contributed by atoms with van der Waals surface area (Å²) < 4.78 is 7.11. The third-order valence-corrected chi connectivity index (χ3v) is 3.47. The molecule has 0 spiro atoms. The number of nitrogens with one attached hydrogen (secondary N) is 1. The predicted molar refractivity (Wildman–Crippen MR) is 76.3 cm³/mol. The number of methoxy groups -OCH3 is 1. The maximum Gasteiger partial charge on any atom is 0.0658 e. The molecule has 0 aliphatic carbocycles. The van der Waals surface area contributed by atoms with E-state index < -0.39 is 0 Å². The van der Waals surface area contributed by atoms with E-state index in [4.69, 9.17) is 9.84 Å². The first-order valence-electron chi connectivity index (χ1n) is 6.91. The van der Waals surface area contributed by atoms with Crippen molar-refractivity contribution in [3.05, 3.63) is 17.0 Å². The van der Waals surface area contributed by atoms with Gasteiger partial charge < -0.3 is 15.2 Å². The van der Waals surface area contributed by atoms with E-state index in [1.165, 1.54) is 11.3 Å². The van der Waals surface area contributed by atoms with Crippen LogP contribution in [-0.4, -0.2) is 41.3 Å². The normalized spacial score (nSPS) is 14.6. The van der Waals surface area contributed by atoms with Gasteiger partial charge in [-0.3, -0.25) is 4.68 Å². The zero-order valence-corrected chi connectivity index (χ0v) is 12.7. The minimum Gasteiger partial charge on any atom is -0.396 e. The predicted octanol–water partition coefficient (Wildman–Crippen LogP) is 1.57. The monoisotopic (exact) mass is 269 g/mol. The lowest BCUT2D eigenvalue weighted by Crippen LogP contribution is -2.30. The highest BCUT2D eigenvalue weighted by Crippen LogP contribution is 2.22. The third kappa shape index (κ3) is 4.30. The quantitative estimate of drug-likeness (QED) is 0.752. The Morgan fingerprint density at radius 2 is 2.05 bits per heavy atom. The largest absolute Gasteiger partial charge is 0.396 e. The van der Waals surface area contributed by atoms with Crippen molar-refractivity contribution >= 4 is 0 Å². The zero-order chi connectivity index (χ0) is 14.4. The molecule has 1 rings (SSSR count). The molecule has 0 saturated carbocycles. The molecule has 5 nitrogen and oxygen atoms in total. The molecule has 0 bridgehead atoms. The van der Waals surface area contributed by atoms with Crippen LogP contribution < -0.4 is 5.32 Å². The minimum atomic E-state index is 0.214. The van der Waals surface area contributed by atoms with Crippen molar-refractivity contribution in [2.75, 3.05) is 20.3 Å². The third-order valence-electron chi connectivity index (χ3n) is 3.47. The SMILES string of the molecule is COCCn1nc(C)c(C(C)N[C@H](C)CCO)c1C. The van der Waals surface area contributed by atoms with Crippen LogP contribution in [0, 0.1) is 13.8 Å². The summed E-state index contributed by atoms with van der Waals surface area (Å²) in [5.74, 6) is 0. The van der Waals surface area contributed by atoms with Crippen LogP contribution in [0.25, 0.3) is 0 Å². The van der Waals surface area contributed by atoms with E-state index >= 15 is 0 Å². The molecular formula is C14H27N3O2. The number of aliphatic hydroxyl groups is 1. The van der Waals surface area contributed by atoms with E-state index in [1.54, 1.807) is 7.11 Å². The van der Waals surface area contributed by atoms with E-state index in [0.717, 1.165) is 18.7 Å². The van der Waals surface area contributed by atoms with Gasteiger partial charge in [-0.05, 0) is 34.1 Å². The first-order valence-corrected chi connectivity index (χ1v) is 6.91. The number of ether oxygens (including phenoxy) is 1. The molecule has 0 aliphatic rings. The second-order valence-corrected chi connectivity index (χ2v) is 5.10. The topological polar surface area (TPSA) is 59.3 Å². The standard InChI is InChI=1S/C14H27N3O2/c1-10(6-8-18)15-11(2)14-12(3)16-17(13(14)4)7-9-19-5/h10-11,15,18H,6-9H2,1-5H3/t10-,11?/m1/s1. The van der Waals surface area contributed by atoms with E-state index in [1.807, 2.05) is 11.6 Å². The van der Waals surface area contributed by atoms with Crippen molar-refractivity contribution in [3.8, 4) is 0 Å². The minimum absolute atomic E-state index is 0.214. The highest BCUT2D eigenvalue weighted by Gasteiger charge is 2.18. The van der Waals surface area contributed by atoms with Crippen LogP contribution in [0.3, 0.4) is 0 Å². The summed E-state index contributed by atoms with van der Waals surface area (Å²) >= 11 is 0. The summed E-state index contributed by atoms with van der Waals surface area (Å²) in [4.78, 5) is 0. The van der Waals surface area contributed by atoms with E-state index in [9.17, 15) is 0 Å². The number of aromatic nitrogens is 2. The van der Waals surface area contributed by atoms with Gasteiger partial charge in [0.25, 0.3) is 0 Å². The van der Waals surface area contributed by atoms with Gasteiger partial charge in [-0.2, -0.15) is 5.10 Å². The maximum atomic E-state index is 8.96. The molecule has 1 aromatic rings. The molecule has 0 saturated heterocycles. The summed E-state index contributed by atoms with van der Waals surface area (Å²) in [5, 5.41) is 17.0. The molecule has 1 aromatic heterocycles. The summed E-state index contributed by atoms with van der Waals surface area (Å²) in [6.45, 7) is 10.0. The van der Waals surface area contributed by atoms with E-state index in [0.29, 0.717) is 12.6 Å². The average Bonchev–Trinajstić information content (AvgIpc) is 2.61. The van der Waals surface area contributed by atoms with Crippen LogP contribution in [0.4, 0.5) is 0 Å². The second-order valence-electron chi connectivity index (χ2n) is 5.10. The summed E-state index contributed by atoms with van der Waals surface area (Å²) in [7, 11) is 1.70. The Balaban J connectivity index is 2.78. The van der Waals surface area contributed by atoms with Gasteiger partial charge in [-0.1, -0.05) is 0 Å². The first kappa shape index (κ1) is 16.1. The Kier molecular flexibility index (Phi) is 6.48. The van der Waals surface area contributed by atoms with Gasteiger partial charge >= 0.3 is 0 Å². The van der Waals surface area contributed by atoms with Crippen molar-refractivity contribution < 1.29 is 9.84 Å². The smallest absolute Gasteiger partial charge is 0.0658 e. The van der Waals surface area contributed by atoms with Crippen molar-refractivity contribution in [2.45, 2.75) is 52.7 Å². The lowest BCUT2D eigenvalue weighted by atomic mass is 10.1. The molecule has 0 fully saturated rings. The van der Waals surface area contributed by atoms with Crippen LogP contribution in [0.2, 0.25) is 0 Å². The molecule has 0 amide bonds. The van der Waals surface area contributed by atoms with Gasteiger partial charge in [0, 0.05) is 37.1 Å². The number of aryl methyl sites for hydroxylation is 1. The van der Waals surface area contributed by atoms with Crippen molar-refractivity contribution in [1.82, 2.24) is 15.1 Å². The van der Waals surface area contributed by atoms with Gasteiger partial charge in [0.15, 0.2) is 0 Å². The van der Waals surface area contributed by atoms with Crippen LogP contribution in [0.5, 0.6) is 0 Å². The average molecular weight is 269 g/mol. The lowest BCUT2D eigenvalue weighted by molar-refractivity contribution is 0.182. The summed E-state index contributed by atoms with van der Waals surface area (Å²) in [6.07, 6.45) is 0.764. The Morgan fingerprint density at radius 1 is 1.37 bits per heavy atom. The fourth-order valence-corrected chi connectivity index (χ4v) is 2.52. The van der Waals surface area contributed by atoms with Gasteiger partial charge in [-0.25, -0.2) is 0 Å². The molecule has 1 heterocycles. The molecule has 0 radical (unpaired) electrons. The molecule has 110 valence electrons. The fraction of sp³-hybridized carbons (Fsp3) is 0.786. The molecular weight excluding hydrogens is 242 g/mol. The number of nitrogens with zero attached hydrogens (tertiary/aromatic N) is 2. The van der Waals surface area contributed by atoms with Gasteiger partial charge in [0.2, 0.25) is 0 Å². The fourth-order valence-electron chi connectivity index (χ4n) is 2.52. The Hall–Kier alpha value is -0.910. The van der Waals surface area contributed by atoms with E-state index in [-0.39, 0.29) is 12.6 Å². The van der Waals surface area contributed by atoms with Gasteiger partial charge in [0.1, 0.15) is 0 Å². The molecule has 0 aromatic carbocycles. The highest BCUT2D eigenvalue weighted by molar-refractivity contribution is 5.27. The van der Waals surface area contributed by atoms with Gasteiger partial charge in [0.05, 0.1) is 18.8 Å². The van der Waals surface area contributed by atoms with Crippen LogP contribution in [-0.2, 0) is 11.3 Å². The maximum absolute atomic E-state index is 8.96. The van der Waals surface area contributed by atoms with Crippen LogP contribution in [0.15, 0.2) is 0 Å². The Morgan fingerprint density at radius 3 is 2.63 bits per heavy atom. The van der Waals surface area contributed by atoms with Crippen molar-refractivity contribution in [2.24, 2.45) is 0 Å². The lowest BCUT2D eigenvalue weighted by Gasteiger charge is -2.20. The van der Waals surface area contributed by atoms with Crippen molar-refractivity contribution in [3.63, 3.8) is 0 Å². The second kappa shape index (κ2) is 7.62. The van der Waals surface area contributed by atoms with Crippen LogP contribution >= 0.6 is 0 Å². The molecule has 2 atom stereocenters. The summed E-state index contributed by atoms with van der Waals surface area (Å²) in [5.41, 5.74) is 3.50. The highest BCUT2D eigenvalue weighted by atomic mass is 16.5. The number of rotatable bonds is 8. The van der Waals surface area contributed by atoms with Crippen molar-refractivity contribution in [1.29, 1.82) is 0 Å². The zero-order valence-electron chi connectivity index (χ0n) is 12.7. The number of aliphatic hydroxyl groups excluding tert-OH is 1. The molecule has 1 unspecified atom stereocenters. The summed E-state index contributed by atoms with van der Waals surface area (Å²) in [6, 6.07) is 0.527. The molecule has 2 N–H and O–H groups in total. The number of hydrogen-bond donors (Lipinski definition) is 2.